The molecule has 6 heteroatoms. The summed E-state index contributed by atoms with van der Waals surface area (Å²) in [6.45, 7) is 2.54. The van der Waals surface area contributed by atoms with E-state index in [-0.39, 0.29) is 5.91 Å². The van der Waals surface area contributed by atoms with E-state index in [1.54, 1.807) is 11.3 Å². The molecule has 0 saturated carbocycles. The van der Waals surface area contributed by atoms with Crippen molar-refractivity contribution >= 4 is 46.3 Å². The van der Waals surface area contributed by atoms with Gasteiger partial charge in [0.25, 0.3) is 5.91 Å². The van der Waals surface area contributed by atoms with E-state index in [1.165, 1.54) is 4.90 Å². The zero-order valence-corrected chi connectivity index (χ0v) is 13.5. The lowest BCUT2D eigenvalue weighted by Crippen LogP contribution is -2.30. The molecule has 3 rings (SSSR count). The van der Waals surface area contributed by atoms with Gasteiger partial charge in [-0.25, -0.2) is 0 Å². The zero-order valence-electron chi connectivity index (χ0n) is 11.9. The summed E-state index contributed by atoms with van der Waals surface area (Å²) in [5, 5.41) is 5.33. The van der Waals surface area contributed by atoms with Crippen molar-refractivity contribution in [3.05, 3.63) is 52.4 Å². The SMILES string of the molecule is CCOc1ccc(N2C(=O)/C(=C\c3cccs3)NC2=S)cc1. The van der Waals surface area contributed by atoms with Crippen LogP contribution in [0.5, 0.6) is 5.75 Å². The number of thiocarbonyl (C=S) groups is 1. The van der Waals surface area contributed by atoms with Crippen LogP contribution < -0.4 is 15.0 Å². The lowest BCUT2D eigenvalue weighted by atomic mass is 10.2. The number of nitrogens with one attached hydrogen (secondary N) is 1. The molecular formula is C16H14N2O2S2. The summed E-state index contributed by atoms with van der Waals surface area (Å²) < 4.78 is 5.41. The molecule has 1 aliphatic heterocycles. The average Bonchev–Trinajstić information content (AvgIpc) is 3.10. The van der Waals surface area contributed by atoms with Crippen molar-refractivity contribution in [1.82, 2.24) is 5.32 Å². The monoisotopic (exact) mass is 330 g/mol. The Bertz CT molecular complexity index is 721. The van der Waals surface area contributed by atoms with E-state index in [9.17, 15) is 4.79 Å². The summed E-state index contributed by atoms with van der Waals surface area (Å²) in [4.78, 5) is 15.0. The van der Waals surface area contributed by atoms with E-state index >= 15 is 0 Å². The van der Waals surface area contributed by atoms with Gasteiger partial charge in [0.15, 0.2) is 5.11 Å². The smallest absolute Gasteiger partial charge is 0.281 e. The lowest BCUT2D eigenvalue weighted by Gasteiger charge is -2.14. The van der Waals surface area contributed by atoms with E-state index in [4.69, 9.17) is 17.0 Å². The molecule has 2 aromatic rings. The molecule has 0 spiro atoms. The fourth-order valence-electron chi connectivity index (χ4n) is 2.14. The number of hydrogen-bond acceptors (Lipinski definition) is 4. The molecule has 1 N–H and O–H groups in total. The van der Waals surface area contributed by atoms with Crippen molar-refractivity contribution in [3.63, 3.8) is 0 Å². The van der Waals surface area contributed by atoms with Crippen LogP contribution in [-0.4, -0.2) is 17.6 Å². The molecule has 0 aliphatic carbocycles. The van der Waals surface area contributed by atoms with Crippen molar-refractivity contribution < 1.29 is 9.53 Å². The third-order valence-corrected chi connectivity index (χ3v) is 4.22. The summed E-state index contributed by atoms with van der Waals surface area (Å²) in [6, 6.07) is 11.2. The van der Waals surface area contributed by atoms with E-state index in [0.29, 0.717) is 17.4 Å². The van der Waals surface area contributed by atoms with E-state index in [2.05, 4.69) is 5.32 Å². The number of ether oxygens (including phenoxy) is 1. The largest absolute Gasteiger partial charge is 0.494 e. The van der Waals surface area contributed by atoms with Crippen molar-refractivity contribution in [2.45, 2.75) is 6.92 Å². The van der Waals surface area contributed by atoms with Gasteiger partial charge >= 0.3 is 0 Å². The third-order valence-electron chi connectivity index (χ3n) is 3.11. The molecule has 2 heterocycles. The van der Waals surface area contributed by atoms with Gasteiger partial charge < -0.3 is 10.1 Å². The maximum absolute atomic E-state index is 12.5. The fourth-order valence-corrected chi connectivity index (χ4v) is 3.10. The average molecular weight is 330 g/mol. The lowest BCUT2D eigenvalue weighted by molar-refractivity contribution is -0.113. The molecule has 1 aromatic heterocycles. The van der Waals surface area contributed by atoms with Crippen LogP contribution >= 0.6 is 23.6 Å². The summed E-state index contributed by atoms with van der Waals surface area (Å²) in [6.07, 6.45) is 1.81. The molecule has 112 valence electrons. The fraction of sp³-hybridized carbons (Fsp3) is 0.125. The molecule has 1 amide bonds. The number of hydrogen-bond donors (Lipinski definition) is 1. The number of carbonyl (C=O) groups is 1. The predicted molar refractivity (Wildman–Crippen MR) is 93.1 cm³/mol. The van der Waals surface area contributed by atoms with Gasteiger partial charge in [0, 0.05) is 4.88 Å². The van der Waals surface area contributed by atoms with E-state index in [1.807, 2.05) is 54.8 Å². The number of amides is 1. The number of anilines is 1. The van der Waals surface area contributed by atoms with Gasteiger partial charge in [-0.15, -0.1) is 11.3 Å². The standard InChI is InChI=1S/C16H14N2O2S2/c1-2-20-12-7-5-11(6-8-12)18-15(19)14(17-16(18)21)10-13-4-3-9-22-13/h3-10H,2H2,1H3,(H,17,21)/b14-10+. The van der Waals surface area contributed by atoms with Crippen molar-refractivity contribution in [2.24, 2.45) is 0 Å². The van der Waals surface area contributed by atoms with Gasteiger partial charge in [0.05, 0.1) is 12.3 Å². The third kappa shape index (κ3) is 2.88. The molecule has 22 heavy (non-hydrogen) atoms. The zero-order chi connectivity index (χ0) is 15.5. The maximum atomic E-state index is 12.5. The maximum Gasteiger partial charge on any atom is 0.281 e. The summed E-state index contributed by atoms with van der Waals surface area (Å²) in [5.41, 5.74) is 1.21. The minimum Gasteiger partial charge on any atom is -0.494 e. The first kappa shape index (κ1) is 14.7. The van der Waals surface area contributed by atoms with Crippen LogP contribution in [0.1, 0.15) is 11.8 Å². The number of rotatable bonds is 4. The Kier molecular flexibility index (Phi) is 4.22. The molecule has 1 saturated heterocycles. The highest BCUT2D eigenvalue weighted by atomic mass is 32.1. The normalized spacial score (nSPS) is 16.2. The van der Waals surface area contributed by atoms with Crippen LogP contribution in [0.25, 0.3) is 6.08 Å². The number of carbonyl (C=O) groups excluding carboxylic acids is 1. The first-order valence-corrected chi connectivity index (χ1v) is 8.11. The molecule has 1 aliphatic rings. The van der Waals surface area contributed by atoms with Gasteiger partial charge in [-0.05, 0) is 60.9 Å². The van der Waals surface area contributed by atoms with Crippen LogP contribution in [0.2, 0.25) is 0 Å². The summed E-state index contributed by atoms with van der Waals surface area (Å²) in [7, 11) is 0. The van der Waals surface area contributed by atoms with Gasteiger partial charge in [-0.3, -0.25) is 9.69 Å². The van der Waals surface area contributed by atoms with Crippen molar-refractivity contribution in [2.75, 3.05) is 11.5 Å². The highest BCUT2D eigenvalue weighted by Gasteiger charge is 2.31. The number of thiophene rings is 1. The molecule has 4 nitrogen and oxygen atoms in total. The highest BCUT2D eigenvalue weighted by molar-refractivity contribution is 7.80. The molecule has 1 aromatic carbocycles. The van der Waals surface area contributed by atoms with Crippen molar-refractivity contribution in [1.29, 1.82) is 0 Å². The second kappa shape index (κ2) is 6.29. The second-order valence-corrected chi connectivity index (χ2v) is 5.94. The van der Waals surface area contributed by atoms with Gasteiger partial charge in [-0.1, -0.05) is 6.07 Å². The van der Waals surface area contributed by atoms with Crippen LogP contribution in [-0.2, 0) is 4.79 Å². The topological polar surface area (TPSA) is 41.6 Å². The van der Waals surface area contributed by atoms with Crippen LogP contribution in [0.4, 0.5) is 5.69 Å². The molecule has 0 atom stereocenters. The Morgan fingerprint density at radius 1 is 1.32 bits per heavy atom. The van der Waals surface area contributed by atoms with Crippen LogP contribution in [0, 0.1) is 0 Å². The minimum absolute atomic E-state index is 0.150. The highest BCUT2D eigenvalue weighted by Crippen LogP contribution is 2.25. The quantitative estimate of drug-likeness (QED) is 0.689. The predicted octanol–water partition coefficient (Wildman–Crippen LogP) is 3.41. The van der Waals surface area contributed by atoms with Crippen LogP contribution in [0.15, 0.2) is 47.5 Å². The van der Waals surface area contributed by atoms with Gasteiger partial charge in [0.1, 0.15) is 11.4 Å². The van der Waals surface area contributed by atoms with Gasteiger partial charge in [0.2, 0.25) is 0 Å². The van der Waals surface area contributed by atoms with Crippen molar-refractivity contribution in [3.8, 4) is 5.75 Å². The molecular weight excluding hydrogens is 316 g/mol. The molecule has 0 bridgehead atoms. The Morgan fingerprint density at radius 3 is 2.73 bits per heavy atom. The second-order valence-electron chi connectivity index (χ2n) is 4.57. The summed E-state index contributed by atoms with van der Waals surface area (Å²) >= 11 is 6.85. The minimum atomic E-state index is -0.150. The molecule has 1 fully saturated rings. The Hall–Kier alpha value is -2.18. The first-order valence-electron chi connectivity index (χ1n) is 6.82. The van der Waals surface area contributed by atoms with Gasteiger partial charge in [-0.2, -0.15) is 0 Å². The summed E-state index contributed by atoms with van der Waals surface area (Å²) in [5.74, 6) is 0.619. The number of nitrogens with zero attached hydrogens (tertiary/aromatic N) is 1. The van der Waals surface area contributed by atoms with E-state index in [0.717, 1.165) is 16.3 Å². The van der Waals surface area contributed by atoms with Crippen LogP contribution in [0.3, 0.4) is 0 Å². The molecule has 0 unspecified atom stereocenters. The Labute approximate surface area is 138 Å². The number of benzene rings is 1. The molecule has 0 radical (unpaired) electrons. The first-order chi connectivity index (χ1) is 10.7. The Balaban J connectivity index is 1.85. The Morgan fingerprint density at radius 2 is 2.09 bits per heavy atom. The van der Waals surface area contributed by atoms with E-state index < -0.39 is 0 Å².